The van der Waals surface area contributed by atoms with Crippen molar-refractivity contribution in [2.75, 3.05) is 18.2 Å². The molecule has 4 aromatic rings. The summed E-state index contributed by atoms with van der Waals surface area (Å²) in [4.78, 5) is 29.5. The third-order valence-electron chi connectivity index (χ3n) is 5.00. The zero-order valence-corrected chi connectivity index (χ0v) is 19.4. The van der Waals surface area contributed by atoms with E-state index in [-0.39, 0.29) is 17.6 Å². The second-order valence-corrected chi connectivity index (χ2v) is 8.28. The Bertz CT molecular complexity index is 1270. The Morgan fingerprint density at radius 3 is 2.62 bits per heavy atom. The fourth-order valence-corrected chi connectivity index (χ4v) is 4.11. The second-order valence-electron chi connectivity index (χ2n) is 7.34. The molecule has 1 aromatic heterocycles. The molecule has 0 unspecified atom stereocenters. The summed E-state index contributed by atoms with van der Waals surface area (Å²) in [5, 5.41) is 6.45. The number of nitrogens with one attached hydrogen (secondary N) is 2. The van der Waals surface area contributed by atoms with E-state index in [0.29, 0.717) is 28.7 Å². The quantitative estimate of drug-likeness (QED) is 0.349. The van der Waals surface area contributed by atoms with Crippen molar-refractivity contribution in [3.8, 4) is 11.4 Å². The molecule has 0 aliphatic heterocycles. The van der Waals surface area contributed by atoms with Crippen LogP contribution in [0.15, 0.2) is 96.4 Å². The molecule has 0 atom stereocenters. The van der Waals surface area contributed by atoms with Crippen LogP contribution in [-0.2, 0) is 11.3 Å². The number of carbonyl (C=O) groups excluding carboxylic acids is 2. The molecule has 7 nitrogen and oxygen atoms in total. The van der Waals surface area contributed by atoms with E-state index in [0.717, 1.165) is 11.3 Å². The molecular formula is C26H24N4O3S. The molecule has 34 heavy (non-hydrogen) atoms. The van der Waals surface area contributed by atoms with Gasteiger partial charge in [0.25, 0.3) is 5.91 Å². The van der Waals surface area contributed by atoms with Crippen LogP contribution in [0, 0.1) is 0 Å². The van der Waals surface area contributed by atoms with Crippen LogP contribution in [0.2, 0.25) is 0 Å². The van der Waals surface area contributed by atoms with Crippen LogP contribution in [0.3, 0.4) is 0 Å². The van der Waals surface area contributed by atoms with Crippen LogP contribution in [0.5, 0.6) is 5.75 Å². The number of rotatable bonds is 9. The molecule has 0 aliphatic rings. The van der Waals surface area contributed by atoms with E-state index in [1.165, 1.54) is 11.8 Å². The molecule has 0 spiro atoms. The highest BCUT2D eigenvalue weighted by molar-refractivity contribution is 7.99. The molecule has 0 aliphatic carbocycles. The van der Waals surface area contributed by atoms with Gasteiger partial charge in [-0.25, -0.2) is 4.98 Å². The van der Waals surface area contributed by atoms with Crippen LogP contribution in [-0.4, -0.2) is 34.2 Å². The molecule has 8 heteroatoms. The van der Waals surface area contributed by atoms with Gasteiger partial charge in [-0.15, -0.1) is 0 Å². The lowest BCUT2D eigenvalue weighted by molar-refractivity contribution is -0.113. The van der Waals surface area contributed by atoms with E-state index < -0.39 is 0 Å². The SMILES string of the molecule is COc1ccccc1NC(=O)CSc1nccn1-c1cccc(C(=O)NCc2ccccc2)c1. The summed E-state index contributed by atoms with van der Waals surface area (Å²) in [6, 6.07) is 24.3. The zero-order chi connectivity index (χ0) is 23.8. The van der Waals surface area contributed by atoms with E-state index in [1.54, 1.807) is 43.8 Å². The maximum atomic E-state index is 12.7. The molecular weight excluding hydrogens is 448 g/mol. The van der Waals surface area contributed by atoms with Crippen molar-refractivity contribution in [1.29, 1.82) is 0 Å². The molecule has 0 fully saturated rings. The topological polar surface area (TPSA) is 85.2 Å². The standard InChI is InChI=1S/C26H24N4O3S/c1-33-23-13-6-5-12-22(23)29-24(31)18-34-26-27-14-15-30(26)21-11-7-10-20(16-21)25(32)28-17-19-8-3-2-4-9-19/h2-16H,17-18H2,1H3,(H,28,32)(H,29,31). The first-order chi connectivity index (χ1) is 16.6. The molecule has 2 N–H and O–H groups in total. The van der Waals surface area contributed by atoms with Crippen LogP contribution < -0.4 is 15.4 Å². The number of hydrogen-bond acceptors (Lipinski definition) is 5. The predicted octanol–water partition coefficient (Wildman–Crippen LogP) is 4.54. The van der Waals surface area contributed by atoms with Crippen molar-refractivity contribution < 1.29 is 14.3 Å². The maximum absolute atomic E-state index is 12.7. The van der Waals surface area contributed by atoms with Crippen molar-refractivity contribution in [3.63, 3.8) is 0 Å². The largest absolute Gasteiger partial charge is 0.495 e. The van der Waals surface area contributed by atoms with Gasteiger partial charge in [0, 0.05) is 30.2 Å². The monoisotopic (exact) mass is 472 g/mol. The molecule has 0 saturated heterocycles. The van der Waals surface area contributed by atoms with Gasteiger partial charge in [-0.05, 0) is 35.9 Å². The summed E-state index contributed by atoms with van der Waals surface area (Å²) in [5.74, 6) is 0.450. The third-order valence-corrected chi connectivity index (χ3v) is 5.97. The summed E-state index contributed by atoms with van der Waals surface area (Å²) >= 11 is 1.31. The van der Waals surface area contributed by atoms with Gasteiger partial charge in [0.15, 0.2) is 5.16 Å². The van der Waals surface area contributed by atoms with Gasteiger partial charge in [0.1, 0.15) is 5.75 Å². The van der Waals surface area contributed by atoms with Gasteiger partial charge in [-0.3, -0.25) is 14.2 Å². The lowest BCUT2D eigenvalue weighted by Crippen LogP contribution is -2.22. The second kappa shape index (κ2) is 11.2. The number of anilines is 1. The van der Waals surface area contributed by atoms with E-state index in [2.05, 4.69) is 15.6 Å². The number of thioether (sulfide) groups is 1. The summed E-state index contributed by atoms with van der Waals surface area (Å²) in [6.07, 6.45) is 3.48. The fraction of sp³-hybridized carbons (Fsp3) is 0.115. The van der Waals surface area contributed by atoms with Gasteiger partial charge in [0.05, 0.1) is 18.6 Å². The van der Waals surface area contributed by atoms with E-state index in [4.69, 9.17) is 4.74 Å². The first-order valence-electron chi connectivity index (χ1n) is 10.7. The van der Waals surface area contributed by atoms with Crippen molar-refractivity contribution in [1.82, 2.24) is 14.9 Å². The molecule has 0 saturated carbocycles. The van der Waals surface area contributed by atoms with Crippen LogP contribution in [0.4, 0.5) is 5.69 Å². The van der Waals surface area contributed by atoms with Crippen molar-refractivity contribution in [2.24, 2.45) is 0 Å². The van der Waals surface area contributed by atoms with E-state index in [1.807, 2.05) is 59.2 Å². The lowest BCUT2D eigenvalue weighted by Gasteiger charge is -2.11. The number of benzene rings is 3. The maximum Gasteiger partial charge on any atom is 0.251 e. The minimum absolute atomic E-state index is 0.156. The summed E-state index contributed by atoms with van der Waals surface area (Å²) in [7, 11) is 1.56. The number of hydrogen-bond donors (Lipinski definition) is 2. The summed E-state index contributed by atoms with van der Waals surface area (Å²) in [6.45, 7) is 0.456. The normalized spacial score (nSPS) is 10.5. The van der Waals surface area contributed by atoms with Crippen molar-refractivity contribution in [2.45, 2.75) is 11.7 Å². The highest BCUT2D eigenvalue weighted by atomic mass is 32.2. The minimum Gasteiger partial charge on any atom is -0.495 e. The van der Waals surface area contributed by atoms with Crippen LogP contribution in [0.1, 0.15) is 15.9 Å². The Balaban J connectivity index is 1.40. The third kappa shape index (κ3) is 5.85. The number of para-hydroxylation sites is 2. The molecule has 1 heterocycles. The van der Waals surface area contributed by atoms with Crippen LogP contribution in [0.25, 0.3) is 5.69 Å². The van der Waals surface area contributed by atoms with Crippen LogP contribution >= 0.6 is 11.8 Å². The number of carbonyl (C=O) groups is 2. The lowest BCUT2D eigenvalue weighted by atomic mass is 10.1. The minimum atomic E-state index is -0.168. The van der Waals surface area contributed by atoms with Gasteiger partial charge in [-0.2, -0.15) is 0 Å². The Morgan fingerprint density at radius 1 is 1.00 bits per heavy atom. The molecule has 172 valence electrons. The number of methoxy groups -OCH3 is 1. The predicted molar refractivity (Wildman–Crippen MR) is 134 cm³/mol. The zero-order valence-electron chi connectivity index (χ0n) is 18.6. The number of ether oxygens (including phenoxy) is 1. The average molecular weight is 473 g/mol. The number of nitrogens with zero attached hydrogens (tertiary/aromatic N) is 2. The number of amides is 2. The first kappa shape index (κ1) is 23.1. The number of imidazole rings is 1. The van der Waals surface area contributed by atoms with Crippen molar-refractivity contribution >= 4 is 29.3 Å². The van der Waals surface area contributed by atoms with Gasteiger partial charge in [0.2, 0.25) is 5.91 Å². The first-order valence-corrected chi connectivity index (χ1v) is 11.6. The van der Waals surface area contributed by atoms with Gasteiger partial charge < -0.3 is 15.4 Å². The Labute approximate surface area is 202 Å². The van der Waals surface area contributed by atoms with Gasteiger partial charge in [-0.1, -0.05) is 60.3 Å². The number of aromatic nitrogens is 2. The molecule has 3 aromatic carbocycles. The van der Waals surface area contributed by atoms with E-state index in [9.17, 15) is 9.59 Å². The van der Waals surface area contributed by atoms with E-state index >= 15 is 0 Å². The highest BCUT2D eigenvalue weighted by Crippen LogP contribution is 2.25. The average Bonchev–Trinajstić information content (AvgIpc) is 3.36. The van der Waals surface area contributed by atoms with Gasteiger partial charge >= 0.3 is 0 Å². The molecule has 4 rings (SSSR count). The smallest absolute Gasteiger partial charge is 0.251 e. The Hall–Kier alpha value is -4.04. The van der Waals surface area contributed by atoms with Crippen molar-refractivity contribution in [3.05, 3.63) is 102 Å². The molecule has 0 radical (unpaired) electrons. The highest BCUT2D eigenvalue weighted by Gasteiger charge is 2.13. The summed E-state index contributed by atoms with van der Waals surface area (Å²) in [5.41, 5.74) is 2.99. The fourth-order valence-electron chi connectivity index (χ4n) is 3.33. The Kier molecular flexibility index (Phi) is 7.62. The Morgan fingerprint density at radius 2 is 1.79 bits per heavy atom. The molecule has 2 amide bonds. The molecule has 0 bridgehead atoms. The summed E-state index contributed by atoms with van der Waals surface area (Å²) < 4.78 is 7.13.